The molecule has 0 amide bonds. The quantitative estimate of drug-likeness (QED) is 0.728. The highest BCUT2D eigenvalue weighted by Crippen LogP contribution is 2.18. The molecule has 0 aliphatic heterocycles. The molecule has 0 radical (unpaired) electrons. The lowest BCUT2D eigenvalue weighted by Crippen LogP contribution is -2.17. The van der Waals surface area contributed by atoms with Gasteiger partial charge in [-0.3, -0.25) is 0 Å². The van der Waals surface area contributed by atoms with Crippen LogP contribution in [0.4, 0.5) is 0 Å². The Labute approximate surface area is 99.7 Å². The maximum absolute atomic E-state index is 9.25. The number of rotatable bonds is 5. The van der Waals surface area contributed by atoms with Crippen molar-refractivity contribution in [2.24, 2.45) is 0 Å². The molecule has 1 aliphatic carbocycles. The summed E-state index contributed by atoms with van der Waals surface area (Å²) in [4.78, 5) is 0. The molecule has 0 saturated heterocycles. The Morgan fingerprint density at radius 2 is 2.00 bits per heavy atom. The lowest BCUT2D eigenvalue weighted by molar-refractivity contribution is 0.0400. The average molecular weight is 226 g/mol. The van der Waals surface area contributed by atoms with E-state index in [2.05, 4.69) is 6.08 Å². The number of ether oxygens (including phenoxy) is 1. The van der Waals surface area contributed by atoms with Crippen LogP contribution < -0.4 is 0 Å². The van der Waals surface area contributed by atoms with E-state index in [0.29, 0.717) is 0 Å². The van der Waals surface area contributed by atoms with Crippen LogP contribution in [0.2, 0.25) is 0 Å². The normalized spacial score (nSPS) is 25.1. The fraction of sp³-hybridized carbons (Fsp3) is 0.857. The summed E-state index contributed by atoms with van der Waals surface area (Å²) in [6.45, 7) is 4.61. The van der Waals surface area contributed by atoms with Crippen LogP contribution in [0.3, 0.4) is 0 Å². The molecule has 0 aromatic heterocycles. The molecule has 0 aromatic rings. The molecule has 1 aliphatic rings. The third-order valence-electron chi connectivity index (χ3n) is 3.11. The second-order valence-corrected chi connectivity index (χ2v) is 5.02. The van der Waals surface area contributed by atoms with E-state index in [1.807, 2.05) is 13.8 Å². The van der Waals surface area contributed by atoms with E-state index in [0.717, 1.165) is 13.0 Å². The minimum Gasteiger partial charge on any atom is -0.393 e. The van der Waals surface area contributed by atoms with Crippen LogP contribution in [0, 0.1) is 0 Å². The van der Waals surface area contributed by atoms with E-state index < -0.39 is 0 Å². The van der Waals surface area contributed by atoms with Gasteiger partial charge in [-0.25, -0.2) is 0 Å². The average Bonchev–Trinajstić information content (AvgIpc) is 2.14. The van der Waals surface area contributed by atoms with E-state index in [1.54, 1.807) is 0 Å². The zero-order valence-electron chi connectivity index (χ0n) is 10.7. The fourth-order valence-corrected chi connectivity index (χ4v) is 2.19. The number of aliphatic hydroxyl groups is 1. The van der Waals surface area contributed by atoms with Crippen LogP contribution in [0.5, 0.6) is 0 Å². The monoisotopic (exact) mass is 226 g/mol. The second kappa shape index (κ2) is 7.86. The van der Waals surface area contributed by atoms with Gasteiger partial charge in [0.15, 0.2) is 0 Å². The van der Waals surface area contributed by atoms with Gasteiger partial charge in [0, 0.05) is 0 Å². The van der Waals surface area contributed by atoms with E-state index in [9.17, 15) is 5.11 Å². The smallest absolute Gasteiger partial charge is 0.0680 e. The van der Waals surface area contributed by atoms with Gasteiger partial charge in [-0.2, -0.15) is 0 Å². The van der Waals surface area contributed by atoms with Crippen molar-refractivity contribution in [1.82, 2.24) is 0 Å². The largest absolute Gasteiger partial charge is 0.393 e. The number of aliphatic hydroxyl groups excluding tert-OH is 1. The molecule has 0 heterocycles. The molecule has 0 unspecified atom stereocenters. The first-order chi connectivity index (χ1) is 7.68. The maximum atomic E-state index is 9.25. The van der Waals surface area contributed by atoms with Gasteiger partial charge < -0.3 is 9.84 Å². The third-order valence-corrected chi connectivity index (χ3v) is 3.11. The SMILES string of the molecule is C[C@H](O)C[C@@H](C)OC/C1=C/CCCCCC1. The Hall–Kier alpha value is -0.340. The van der Waals surface area contributed by atoms with Crippen LogP contribution in [-0.4, -0.2) is 23.9 Å². The Bertz CT molecular complexity index is 209. The van der Waals surface area contributed by atoms with Crippen LogP contribution in [0.15, 0.2) is 11.6 Å². The highest BCUT2D eigenvalue weighted by Gasteiger charge is 2.08. The van der Waals surface area contributed by atoms with Crippen molar-refractivity contribution in [3.8, 4) is 0 Å². The third kappa shape index (κ3) is 6.29. The zero-order chi connectivity index (χ0) is 11.8. The molecule has 2 atom stereocenters. The molecule has 1 rings (SSSR count). The topological polar surface area (TPSA) is 29.5 Å². The fourth-order valence-electron chi connectivity index (χ4n) is 2.19. The van der Waals surface area contributed by atoms with Crippen molar-refractivity contribution in [2.45, 2.75) is 71.0 Å². The first-order valence-electron chi connectivity index (χ1n) is 6.66. The summed E-state index contributed by atoms with van der Waals surface area (Å²) in [6, 6.07) is 0. The molecule has 0 saturated carbocycles. The van der Waals surface area contributed by atoms with Gasteiger partial charge in [0.2, 0.25) is 0 Å². The van der Waals surface area contributed by atoms with Crippen LogP contribution in [-0.2, 0) is 4.74 Å². The molecule has 16 heavy (non-hydrogen) atoms. The Morgan fingerprint density at radius 3 is 2.75 bits per heavy atom. The number of hydrogen-bond donors (Lipinski definition) is 1. The minimum atomic E-state index is -0.263. The first kappa shape index (κ1) is 13.7. The standard InChI is InChI=1S/C14H26O2/c1-12(15)10-13(2)16-11-14-8-6-4-3-5-7-9-14/h8,12-13,15H,3-7,9-11H2,1-2H3/b14-8+/t12-,13+/m0/s1. The summed E-state index contributed by atoms with van der Waals surface area (Å²) in [5.74, 6) is 0. The highest BCUT2D eigenvalue weighted by molar-refractivity contribution is 5.03. The molecule has 0 bridgehead atoms. The Balaban J connectivity index is 2.24. The second-order valence-electron chi connectivity index (χ2n) is 5.02. The van der Waals surface area contributed by atoms with E-state index >= 15 is 0 Å². The summed E-state index contributed by atoms with van der Waals surface area (Å²) in [5.41, 5.74) is 1.46. The van der Waals surface area contributed by atoms with Crippen LogP contribution >= 0.6 is 0 Å². The van der Waals surface area contributed by atoms with Crippen molar-refractivity contribution in [3.05, 3.63) is 11.6 Å². The van der Waals surface area contributed by atoms with Gasteiger partial charge in [0.1, 0.15) is 0 Å². The molecule has 2 nitrogen and oxygen atoms in total. The summed E-state index contributed by atoms with van der Waals surface area (Å²) in [6.07, 6.45) is 10.8. The molecule has 94 valence electrons. The predicted octanol–water partition coefficient (Wildman–Crippen LogP) is 3.44. The molecule has 0 aromatic carbocycles. The van der Waals surface area contributed by atoms with Crippen molar-refractivity contribution in [1.29, 1.82) is 0 Å². The Morgan fingerprint density at radius 1 is 1.25 bits per heavy atom. The van der Waals surface area contributed by atoms with Gasteiger partial charge in [0.25, 0.3) is 0 Å². The van der Waals surface area contributed by atoms with Crippen LogP contribution in [0.1, 0.15) is 58.8 Å². The van der Waals surface area contributed by atoms with E-state index in [1.165, 1.54) is 44.1 Å². The van der Waals surface area contributed by atoms with Crippen molar-refractivity contribution in [3.63, 3.8) is 0 Å². The summed E-state index contributed by atoms with van der Waals surface area (Å²) < 4.78 is 5.76. The Kier molecular flexibility index (Phi) is 6.74. The van der Waals surface area contributed by atoms with Gasteiger partial charge in [-0.1, -0.05) is 18.9 Å². The molecule has 2 heteroatoms. The number of hydrogen-bond acceptors (Lipinski definition) is 2. The highest BCUT2D eigenvalue weighted by atomic mass is 16.5. The maximum Gasteiger partial charge on any atom is 0.0680 e. The van der Waals surface area contributed by atoms with Crippen LogP contribution in [0.25, 0.3) is 0 Å². The molecular weight excluding hydrogens is 200 g/mol. The van der Waals surface area contributed by atoms with Gasteiger partial charge in [-0.05, 0) is 51.5 Å². The van der Waals surface area contributed by atoms with Crippen molar-refractivity contribution < 1.29 is 9.84 Å². The molecule has 0 spiro atoms. The van der Waals surface area contributed by atoms with Crippen molar-refractivity contribution in [2.75, 3.05) is 6.61 Å². The lowest BCUT2D eigenvalue weighted by atomic mass is 10.0. The predicted molar refractivity (Wildman–Crippen MR) is 67.5 cm³/mol. The summed E-state index contributed by atoms with van der Waals surface area (Å²) >= 11 is 0. The minimum absolute atomic E-state index is 0.159. The zero-order valence-corrected chi connectivity index (χ0v) is 10.7. The molecule has 0 fully saturated rings. The summed E-state index contributed by atoms with van der Waals surface area (Å²) in [7, 11) is 0. The number of allylic oxidation sites excluding steroid dienone is 1. The van der Waals surface area contributed by atoms with Crippen molar-refractivity contribution >= 4 is 0 Å². The molecule has 1 N–H and O–H groups in total. The lowest BCUT2D eigenvalue weighted by Gasteiger charge is -2.17. The summed E-state index contributed by atoms with van der Waals surface area (Å²) in [5, 5.41) is 9.25. The molecular formula is C14H26O2. The van der Waals surface area contributed by atoms with E-state index in [4.69, 9.17) is 4.74 Å². The first-order valence-corrected chi connectivity index (χ1v) is 6.66. The van der Waals surface area contributed by atoms with E-state index in [-0.39, 0.29) is 12.2 Å². The van der Waals surface area contributed by atoms with Gasteiger partial charge in [0.05, 0.1) is 18.8 Å². The van der Waals surface area contributed by atoms with Gasteiger partial charge in [-0.15, -0.1) is 0 Å². The van der Waals surface area contributed by atoms with Gasteiger partial charge >= 0.3 is 0 Å².